The average Bonchev–Trinajstić information content (AvgIpc) is 3.67. The summed E-state index contributed by atoms with van der Waals surface area (Å²) in [4.78, 5) is 17.5. The first-order chi connectivity index (χ1) is 16.4. The maximum atomic E-state index is 12.9. The van der Waals surface area contributed by atoms with Gasteiger partial charge < -0.3 is 20.1 Å². The van der Waals surface area contributed by atoms with Crippen LogP contribution in [0.5, 0.6) is 5.75 Å². The number of methoxy groups -OCH3 is 2. The van der Waals surface area contributed by atoms with E-state index >= 15 is 0 Å². The molecule has 0 atom stereocenters. The number of pyridine rings is 1. The number of nitrogens with one attached hydrogen (secondary N) is 2. The fourth-order valence-electron chi connectivity index (χ4n) is 4.19. The molecule has 178 valence electrons. The molecule has 0 bridgehead atoms. The zero-order valence-corrected chi connectivity index (χ0v) is 20.6. The minimum Gasteiger partial charge on any atom is -0.496 e. The highest BCUT2D eigenvalue weighted by Gasteiger charge is 2.24. The molecule has 0 saturated heterocycles. The summed E-state index contributed by atoms with van der Waals surface area (Å²) < 4.78 is 11.0. The standard InChI is InChI=1S/C28H33N3O3/c1-17(2)31-22-11-8-20(9-12-22)26-18(3)27(28(32)34-5)23(14-24(26)33-4)21-10-13-25(30-16-21)29-15-19-6-7-19/h8-14,16-17,19,31H,6-7,15H2,1-5H3,(H,29,30). The quantitative estimate of drug-likeness (QED) is 0.373. The van der Waals surface area contributed by atoms with E-state index in [-0.39, 0.29) is 5.97 Å². The number of benzene rings is 2. The number of hydrogen-bond acceptors (Lipinski definition) is 6. The van der Waals surface area contributed by atoms with E-state index in [1.54, 1.807) is 13.3 Å². The summed E-state index contributed by atoms with van der Waals surface area (Å²) in [5.74, 6) is 1.92. The van der Waals surface area contributed by atoms with Crippen molar-refractivity contribution in [2.45, 2.75) is 39.7 Å². The predicted molar refractivity (Wildman–Crippen MR) is 138 cm³/mol. The lowest BCUT2D eigenvalue weighted by atomic mass is 9.89. The van der Waals surface area contributed by atoms with Gasteiger partial charge in [0.1, 0.15) is 11.6 Å². The van der Waals surface area contributed by atoms with Gasteiger partial charge in [-0.05, 0) is 81.0 Å². The smallest absolute Gasteiger partial charge is 0.338 e. The number of esters is 1. The molecule has 0 spiro atoms. The van der Waals surface area contributed by atoms with E-state index in [0.29, 0.717) is 17.4 Å². The Bertz CT molecular complexity index is 1150. The minimum absolute atomic E-state index is 0.344. The first-order valence-electron chi connectivity index (χ1n) is 11.8. The molecule has 0 aliphatic heterocycles. The molecule has 0 unspecified atom stereocenters. The number of nitrogens with zero attached hydrogens (tertiary/aromatic N) is 1. The summed E-state index contributed by atoms with van der Waals surface area (Å²) in [6, 6.07) is 14.3. The lowest BCUT2D eigenvalue weighted by Crippen LogP contribution is -2.10. The molecule has 34 heavy (non-hydrogen) atoms. The van der Waals surface area contributed by atoms with Crippen molar-refractivity contribution < 1.29 is 14.3 Å². The van der Waals surface area contributed by atoms with Gasteiger partial charge in [0.05, 0.1) is 19.8 Å². The van der Waals surface area contributed by atoms with Gasteiger partial charge in [-0.1, -0.05) is 12.1 Å². The van der Waals surface area contributed by atoms with Crippen molar-refractivity contribution in [2.75, 3.05) is 31.4 Å². The summed E-state index contributed by atoms with van der Waals surface area (Å²) in [5, 5.41) is 6.78. The van der Waals surface area contributed by atoms with E-state index in [1.165, 1.54) is 20.0 Å². The van der Waals surface area contributed by atoms with Crippen LogP contribution in [0.3, 0.4) is 0 Å². The van der Waals surface area contributed by atoms with Gasteiger partial charge in [0.25, 0.3) is 0 Å². The Labute approximate surface area is 201 Å². The molecule has 1 aliphatic rings. The Morgan fingerprint density at radius 2 is 1.79 bits per heavy atom. The summed E-state index contributed by atoms with van der Waals surface area (Å²) >= 11 is 0. The predicted octanol–water partition coefficient (Wildman–Crippen LogP) is 6.16. The second-order valence-electron chi connectivity index (χ2n) is 9.13. The largest absolute Gasteiger partial charge is 0.496 e. The molecule has 6 nitrogen and oxygen atoms in total. The number of carbonyl (C=O) groups excluding carboxylic acids is 1. The number of hydrogen-bond donors (Lipinski definition) is 2. The molecule has 2 N–H and O–H groups in total. The normalized spacial score (nSPS) is 13.0. The van der Waals surface area contributed by atoms with Crippen molar-refractivity contribution in [3.8, 4) is 28.0 Å². The number of ether oxygens (including phenoxy) is 2. The topological polar surface area (TPSA) is 72.5 Å². The Hall–Kier alpha value is -3.54. The fourth-order valence-corrected chi connectivity index (χ4v) is 4.19. The van der Waals surface area contributed by atoms with E-state index in [1.807, 2.05) is 49.4 Å². The molecule has 0 amide bonds. The summed E-state index contributed by atoms with van der Waals surface area (Å²) in [6.45, 7) is 7.10. The Kier molecular flexibility index (Phi) is 7.06. The van der Waals surface area contributed by atoms with Crippen LogP contribution in [-0.2, 0) is 4.74 Å². The van der Waals surface area contributed by atoms with Gasteiger partial charge in [-0.25, -0.2) is 9.78 Å². The first kappa shape index (κ1) is 23.6. The number of rotatable bonds is 9. The molecule has 4 rings (SSSR count). The summed E-state index contributed by atoms with van der Waals surface area (Å²) in [5.41, 5.74) is 5.79. The highest BCUT2D eigenvalue weighted by molar-refractivity contribution is 6.02. The Morgan fingerprint density at radius 3 is 2.35 bits per heavy atom. The second kappa shape index (κ2) is 10.2. The van der Waals surface area contributed by atoms with E-state index in [2.05, 4.69) is 29.5 Å². The van der Waals surface area contributed by atoms with E-state index in [4.69, 9.17) is 9.47 Å². The molecule has 2 aromatic carbocycles. The zero-order valence-electron chi connectivity index (χ0n) is 20.6. The van der Waals surface area contributed by atoms with E-state index in [0.717, 1.165) is 51.8 Å². The van der Waals surface area contributed by atoms with Crippen LogP contribution in [0.25, 0.3) is 22.3 Å². The third-order valence-electron chi connectivity index (χ3n) is 6.12. The van der Waals surface area contributed by atoms with Gasteiger partial charge in [0, 0.05) is 41.2 Å². The average molecular weight is 460 g/mol. The van der Waals surface area contributed by atoms with Crippen LogP contribution in [-0.4, -0.2) is 37.8 Å². The van der Waals surface area contributed by atoms with Gasteiger partial charge in [-0.15, -0.1) is 0 Å². The lowest BCUT2D eigenvalue weighted by molar-refractivity contribution is 0.0601. The minimum atomic E-state index is -0.384. The maximum Gasteiger partial charge on any atom is 0.338 e. The van der Waals surface area contributed by atoms with Gasteiger partial charge in [-0.2, -0.15) is 0 Å². The first-order valence-corrected chi connectivity index (χ1v) is 11.8. The van der Waals surface area contributed by atoms with Crippen LogP contribution in [0.2, 0.25) is 0 Å². The van der Waals surface area contributed by atoms with E-state index in [9.17, 15) is 4.79 Å². The zero-order chi connectivity index (χ0) is 24.2. The number of anilines is 2. The second-order valence-corrected chi connectivity index (χ2v) is 9.13. The Morgan fingerprint density at radius 1 is 1.09 bits per heavy atom. The van der Waals surface area contributed by atoms with Gasteiger partial charge in [0.2, 0.25) is 0 Å². The van der Waals surface area contributed by atoms with Gasteiger partial charge in [-0.3, -0.25) is 0 Å². The van der Waals surface area contributed by atoms with Crippen LogP contribution in [0.4, 0.5) is 11.5 Å². The van der Waals surface area contributed by atoms with Gasteiger partial charge in [0.15, 0.2) is 0 Å². The van der Waals surface area contributed by atoms with Crippen LogP contribution < -0.4 is 15.4 Å². The highest BCUT2D eigenvalue weighted by Crippen LogP contribution is 2.41. The molecular formula is C28H33N3O3. The number of aromatic nitrogens is 1. The van der Waals surface area contributed by atoms with Crippen LogP contribution in [0.1, 0.15) is 42.6 Å². The highest BCUT2D eigenvalue weighted by atomic mass is 16.5. The van der Waals surface area contributed by atoms with E-state index < -0.39 is 0 Å². The van der Waals surface area contributed by atoms with Gasteiger partial charge >= 0.3 is 5.97 Å². The van der Waals surface area contributed by atoms with Crippen molar-refractivity contribution >= 4 is 17.5 Å². The van der Waals surface area contributed by atoms with Crippen molar-refractivity contribution in [3.05, 3.63) is 59.8 Å². The van der Waals surface area contributed by atoms with Crippen LogP contribution in [0, 0.1) is 12.8 Å². The lowest BCUT2D eigenvalue weighted by Gasteiger charge is -2.19. The summed E-state index contributed by atoms with van der Waals surface area (Å²) in [6.07, 6.45) is 4.37. The maximum absolute atomic E-state index is 12.9. The molecule has 1 aromatic heterocycles. The third-order valence-corrected chi connectivity index (χ3v) is 6.12. The van der Waals surface area contributed by atoms with Crippen LogP contribution >= 0.6 is 0 Å². The van der Waals surface area contributed by atoms with Crippen LogP contribution in [0.15, 0.2) is 48.7 Å². The molecule has 1 heterocycles. The van der Waals surface area contributed by atoms with Crippen molar-refractivity contribution in [2.24, 2.45) is 5.92 Å². The molecule has 0 radical (unpaired) electrons. The van der Waals surface area contributed by atoms with Crippen molar-refractivity contribution in [3.63, 3.8) is 0 Å². The molecule has 3 aromatic rings. The fraction of sp³-hybridized carbons (Fsp3) is 0.357. The molecular weight excluding hydrogens is 426 g/mol. The molecule has 1 saturated carbocycles. The molecule has 1 fully saturated rings. The third kappa shape index (κ3) is 5.16. The SMILES string of the molecule is COC(=O)c1c(-c2ccc(NCC3CC3)nc2)cc(OC)c(-c2ccc(NC(C)C)cc2)c1C. The van der Waals surface area contributed by atoms with Crippen molar-refractivity contribution in [1.29, 1.82) is 0 Å². The summed E-state index contributed by atoms with van der Waals surface area (Å²) in [7, 11) is 3.06. The number of carbonyl (C=O) groups is 1. The van der Waals surface area contributed by atoms with Crippen molar-refractivity contribution in [1.82, 2.24) is 4.98 Å². The molecule has 1 aliphatic carbocycles. The molecule has 6 heteroatoms. The monoisotopic (exact) mass is 459 g/mol. The Balaban J connectivity index is 1.75.